The summed E-state index contributed by atoms with van der Waals surface area (Å²) in [7, 11) is 1.70. The van der Waals surface area contributed by atoms with Crippen LogP contribution in [0.25, 0.3) is 0 Å². The predicted molar refractivity (Wildman–Crippen MR) is 68.4 cm³/mol. The summed E-state index contributed by atoms with van der Waals surface area (Å²) in [6, 6.07) is 0.248. The topological polar surface area (TPSA) is 50.8 Å². The zero-order valence-electron chi connectivity index (χ0n) is 11.4. The van der Waals surface area contributed by atoms with Crippen molar-refractivity contribution in [3.63, 3.8) is 0 Å². The Morgan fingerprint density at radius 3 is 2.72 bits per heavy atom. The van der Waals surface area contributed by atoms with Gasteiger partial charge in [0.25, 0.3) is 0 Å². The van der Waals surface area contributed by atoms with Gasteiger partial charge in [0.15, 0.2) is 0 Å². The third-order valence-corrected chi connectivity index (χ3v) is 3.88. The molecule has 5 nitrogen and oxygen atoms in total. The molecule has 1 N–H and O–H groups in total. The maximum atomic E-state index is 11.9. The molecule has 1 aliphatic carbocycles. The van der Waals surface area contributed by atoms with Gasteiger partial charge >= 0.3 is 0 Å². The molecular weight excluding hydrogens is 232 g/mol. The summed E-state index contributed by atoms with van der Waals surface area (Å²) in [4.78, 5) is 13.8. The average Bonchev–Trinajstić information content (AvgIpc) is 2.86. The van der Waals surface area contributed by atoms with Gasteiger partial charge in [-0.2, -0.15) is 0 Å². The number of ether oxygens (including phenoxy) is 2. The Balaban J connectivity index is 1.69. The molecule has 104 valence electrons. The highest BCUT2D eigenvalue weighted by Crippen LogP contribution is 2.26. The number of likely N-dealkylation sites (tertiary alicyclic amines) is 1. The predicted octanol–water partition coefficient (Wildman–Crippen LogP) is 0.391. The maximum absolute atomic E-state index is 11.9. The highest BCUT2D eigenvalue weighted by molar-refractivity contribution is 5.78. The molecule has 0 spiro atoms. The third-order valence-electron chi connectivity index (χ3n) is 3.88. The first kappa shape index (κ1) is 13.8. The molecule has 2 rings (SSSR count). The smallest absolute Gasteiger partial charge is 0.236 e. The van der Waals surface area contributed by atoms with Gasteiger partial charge in [0.1, 0.15) is 0 Å². The molecule has 5 heteroatoms. The Hall–Kier alpha value is -0.650. The van der Waals surface area contributed by atoms with Crippen molar-refractivity contribution in [1.82, 2.24) is 10.2 Å². The summed E-state index contributed by atoms with van der Waals surface area (Å²) < 4.78 is 11.0. The Bertz CT molecular complexity index is 279. The van der Waals surface area contributed by atoms with Gasteiger partial charge in [-0.25, -0.2) is 0 Å². The number of rotatable bonds is 6. The monoisotopic (exact) mass is 256 g/mol. The second kappa shape index (κ2) is 6.50. The largest absolute Gasteiger partial charge is 0.377 e. The normalized spacial score (nSPS) is 31.4. The molecule has 2 aliphatic rings. The number of carbonyl (C=O) groups excluding carboxylic acids is 1. The van der Waals surface area contributed by atoms with Crippen molar-refractivity contribution in [2.24, 2.45) is 0 Å². The van der Waals surface area contributed by atoms with Gasteiger partial charge in [-0.15, -0.1) is 0 Å². The Morgan fingerprint density at radius 1 is 1.39 bits per heavy atom. The fourth-order valence-electron chi connectivity index (χ4n) is 2.77. The van der Waals surface area contributed by atoms with E-state index in [1.165, 1.54) is 0 Å². The van der Waals surface area contributed by atoms with Gasteiger partial charge in [0.2, 0.25) is 5.91 Å². The Labute approximate surface area is 109 Å². The summed E-state index contributed by atoms with van der Waals surface area (Å²) in [5, 5.41) is 3.29. The van der Waals surface area contributed by atoms with Gasteiger partial charge < -0.3 is 19.7 Å². The maximum Gasteiger partial charge on any atom is 0.236 e. The summed E-state index contributed by atoms with van der Waals surface area (Å²) in [5.41, 5.74) is 0. The lowest BCUT2D eigenvalue weighted by Gasteiger charge is -2.43. The summed E-state index contributed by atoms with van der Waals surface area (Å²) in [6.45, 7) is 4.96. The minimum Gasteiger partial charge on any atom is -0.377 e. The summed E-state index contributed by atoms with van der Waals surface area (Å²) in [5.74, 6) is 0.210. The van der Waals surface area contributed by atoms with Crippen molar-refractivity contribution in [2.45, 2.75) is 44.4 Å². The van der Waals surface area contributed by atoms with Crippen LogP contribution in [0.15, 0.2) is 0 Å². The van der Waals surface area contributed by atoms with Crippen molar-refractivity contribution in [3.8, 4) is 0 Å². The van der Waals surface area contributed by atoms with Gasteiger partial charge in [-0.1, -0.05) is 0 Å². The van der Waals surface area contributed by atoms with Gasteiger partial charge in [-0.05, 0) is 26.2 Å². The van der Waals surface area contributed by atoms with Crippen LogP contribution in [-0.2, 0) is 14.3 Å². The van der Waals surface area contributed by atoms with Crippen LogP contribution in [0.5, 0.6) is 0 Å². The molecule has 0 radical (unpaired) electrons. The Kier molecular flexibility index (Phi) is 4.97. The SMILES string of the molecule is CCOC1CC(NCC(=O)N2CCCC2)C1OC. The number of nitrogens with zero attached hydrogens (tertiary/aromatic N) is 1. The number of carbonyl (C=O) groups is 1. The van der Waals surface area contributed by atoms with Crippen LogP contribution in [-0.4, -0.2) is 62.4 Å². The minimum atomic E-state index is 0.0799. The highest BCUT2D eigenvalue weighted by atomic mass is 16.5. The number of hydrogen-bond donors (Lipinski definition) is 1. The molecule has 1 heterocycles. The molecule has 3 unspecified atom stereocenters. The van der Waals surface area contributed by atoms with Crippen LogP contribution in [0.3, 0.4) is 0 Å². The van der Waals surface area contributed by atoms with E-state index in [0.717, 1.165) is 32.4 Å². The molecule has 1 saturated carbocycles. The van der Waals surface area contributed by atoms with E-state index in [2.05, 4.69) is 5.32 Å². The van der Waals surface area contributed by atoms with E-state index in [-0.39, 0.29) is 24.2 Å². The van der Waals surface area contributed by atoms with Crippen LogP contribution in [0, 0.1) is 0 Å². The number of methoxy groups -OCH3 is 1. The Morgan fingerprint density at radius 2 is 2.11 bits per heavy atom. The zero-order chi connectivity index (χ0) is 13.0. The van der Waals surface area contributed by atoms with Crippen molar-refractivity contribution < 1.29 is 14.3 Å². The van der Waals surface area contributed by atoms with Gasteiger partial charge in [0, 0.05) is 32.8 Å². The fraction of sp³-hybridized carbons (Fsp3) is 0.923. The second-order valence-corrected chi connectivity index (χ2v) is 5.01. The van der Waals surface area contributed by atoms with Crippen LogP contribution in [0.4, 0.5) is 0 Å². The van der Waals surface area contributed by atoms with E-state index in [1.54, 1.807) is 7.11 Å². The first-order chi connectivity index (χ1) is 8.76. The van der Waals surface area contributed by atoms with Crippen molar-refractivity contribution >= 4 is 5.91 Å². The summed E-state index contributed by atoms with van der Waals surface area (Å²) in [6.07, 6.45) is 3.47. The van der Waals surface area contributed by atoms with Crippen LogP contribution < -0.4 is 5.32 Å². The highest BCUT2D eigenvalue weighted by Gasteiger charge is 2.42. The first-order valence-electron chi connectivity index (χ1n) is 6.91. The van der Waals surface area contributed by atoms with E-state index in [4.69, 9.17) is 9.47 Å². The number of hydrogen-bond acceptors (Lipinski definition) is 4. The van der Waals surface area contributed by atoms with Gasteiger partial charge in [-0.3, -0.25) is 4.79 Å². The molecule has 1 amide bonds. The molecule has 2 fully saturated rings. The molecule has 18 heavy (non-hydrogen) atoms. The van der Waals surface area contributed by atoms with Crippen molar-refractivity contribution in [1.29, 1.82) is 0 Å². The first-order valence-corrected chi connectivity index (χ1v) is 6.91. The van der Waals surface area contributed by atoms with Crippen LogP contribution >= 0.6 is 0 Å². The zero-order valence-corrected chi connectivity index (χ0v) is 11.4. The fourth-order valence-corrected chi connectivity index (χ4v) is 2.77. The summed E-state index contributed by atoms with van der Waals surface area (Å²) >= 11 is 0. The van der Waals surface area contributed by atoms with E-state index in [1.807, 2.05) is 11.8 Å². The van der Waals surface area contributed by atoms with E-state index in [0.29, 0.717) is 13.2 Å². The molecule has 0 aromatic carbocycles. The molecule has 1 saturated heterocycles. The molecule has 1 aliphatic heterocycles. The molecule has 3 atom stereocenters. The standard InChI is InChI=1S/C13H24N2O3/c1-3-18-11-8-10(13(11)17-2)14-9-12(16)15-6-4-5-7-15/h10-11,13-14H,3-9H2,1-2H3. The van der Waals surface area contributed by atoms with Crippen LogP contribution in [0.1, 0.15) is 26.2 Å². The second-order valence-electron chi connectivity index (χ2n) is 5.01. The van der Waals surface area contributed by atoms with Crippen molar-refractivity contribution in [3.05, 3.63) is 0 Å². The van der Waals surface area contributed by atoms with E-state index in [9.17, 15) is 4.79 Å². The lowest BCUT2D eigenvalue weighted by atomic mass is 9.85. The van der Waals surface area contributed by atoms with Gasteiger partial charge in [0.05, 0.1) is 18.8 Å². The minimum absolute atomic E-state index is 0.0799. The third kappa shape index (κ3) is 3.02. The lowest BCUT2D eigenvalue weighted by Crippen LogP contribution is -2.61. The van der Waals surface area contributed by atoms with Crippen molar-refractivity contribution in [2.75, 3.05) is 33.4 Å². The number of amides is 1. The van der Waals surface area contributed by atoms with E-state index < -0.39 is 0 Å². The quantitative estimate of drug-likeness (QED) is 0.747. The average molecular weight is 256 g/mol. The lowest BCUT2D eigenvalue weighted by molar-refractivity contribution is -0.138. The van der Waals surface area contributed by atoms with E-state index >= 15 is 0 Å². The molecule has 0 bridgehead atoms. The molecule has 0 aromatic rings. The number of nitrogens with one attached hydrogen (secondary N) is 1. The van der Waals surface area contributed by atoms with Crippen LogP contribution in [0.2, 0.25) is 0 Å². The molecular formula is C13H24N2O3. The molecule has 0 aromatic heterocycles.